The Morgan fingerprint density at radius 3 is 2.46 bits per heavy atom. The Morgan fingerprint density at radius 1 is 1.54 bits per heavy atom. The number of carboxylic acid groups (broad SMARTS) is 1. The number of hydrogen-bond acceptors (Lipinski definition) is 3. The molecule has 0 spiro atoms. The molecule has 0 fully saturated rings. The molecule has 0 aliphatic heterocycles. The molecule has 0 rings (SSSR count). The molecule has 0 saturated heterocycles. The SMILES string of the molecule is CC(N=C(N)N)C(C)SCC(=O)O. The summed E-state index contributed by atoms with van der Waals surface area (Å²) < 4.78 is 0. The van der Waals surface area contributed by atoms with E-state index in [9.17, 15) is 4.79 Å². The van der Waals surface area contributed by atoms with Gasteiger partial charge in [-0.05, 0) is 6.92 Å². The first-order chi connectivity index (χ1) is 5.93. The maximum absolute atomic E-state index is 10.2. The minimum absolute atomic E-state index is 0.0373. The van der Waals surface area contributed by atoms with Crippen LogP contribution in [-0.4, -0.2) is 34.1 Å². The van der Waals surface area contributed by atoms with Gasteiger partial charge in [-0.15, -0.1) is 11.8 Å². The lowest BCUT2D eigenvalue weighted by Gasteiger charge is -2.14. The maximum atomic E-state index is 10.2. The van der Waals surface area contributed by atoms with Crippen LogP contribution in [0.15, 0.2) is 4.99 Å². The number of nitrogens with two attached hydrogens (primary N) is 2. The summed E-state index contributed by atoms with van der Waals surface area (Å²) in [5.74, 6) is -0.713. The summed E-state index contributed by atoms with van der Waals surface area (Å²) in [5.41, 5.74) is 10.4. The average Bonchev–Trinajstić information content (AvgIpc) is 1.98. The van der Waals surface area contributed by atoms with Crippen LogP contribution in [0.5, 0.6) is 0 Å². The van der Waals surface area contributed by atoms with Crippen molar-refractivity contribution in [2.45, 2.75) is 25.1 Å². The molecule has 5 N–H and O–H groups in total. The number of carbonyl (C=O) groups is 1. The molecule has 5 nitrogen and oxygen atoms in total. The first-order valence-corrected chi connectivity index (χ1v) is 4.90. The molecule has 2 unspecified atom stereocenters. The van der Waals surface area contributed by atoms with E-state index in [0.717, 1.165) is 0 Å². The lowest BCUT2D eigenvalue weighted by Crippen LogP contribution is -2.27. The second kappa shape index (κ2) is 5.69. The Balaban J connectivity index is 3.89. The van der Waals surface area contributed by atoms with E-state index in [1.54, 1.807) is 0 Å². The number of hydrogen-bond donors (Lipinski definition) is 3. The monoisotopic (exact) mass is 205 g/mol. The summed E-state index contributed by atoms with van der Waals surface area (Å²) in [6, 6.07) is -0.0608. The van der Waals surface area contributed by atoms with Crippen molar-refractivity contribution < 1.29 is 9.90 Å². The summed E-state index contributed by atoms with van der Waals surface area (Å²) in [7, 11) is 0. The number of aliphatic imine (C=N–C) groups is 1. The topological polar surface area (TPSA) is 102 Å². The third-order valence-electron chi connectivity index (χ3n) is 1.50. The van der Waals surface area contributed by atoms with Crippen molar-refractivity contribution in [2.24, 2.45) is 16.5 Å². The van der Waals surface area contributed by atoms with Gasteiger partial charge in [-0.3, -0.25) is 4.79 Å². The number of thioether (sulfide) groups is 1. The van der Waals surface area contributed by atoms with Gasteiger partial charge in [-0.2, -0.15) is 0 Å². The molecule has 0 saturated carbocycles. The van der Waals surface area contributed by atoms with Crippen molar-refractivity contribution in [3.63, 3.8) is 0 Å². The Hall–Kier alpha value is -0.910. The van der Waals surface area contributed by atoms with E-state index in [4.69, 9.17) is 16.6 Å². The van der Waals surface area contributed by atoms with Crippen molar-refractivity contribution in [3.05, 3.63) is 0 Å². The summed E-state index contributed by atoms with van der Waals surface area (Å²) in [4.78, 5) is 14.2. The fourth-order valence-corrected chi connectivity index (χ4v) is 1.43. The third kappa shape index (κ3) is 6.27. The van der Waals surface area contributed by atoms with E-state index < -0.39 is 5.97 Å². The lowest BCUT2D eigenvalue weighted by molar-refractivity contribution is -0.133. The van der Waals surface area contributed by atoms with Crippen LogP contribution in [-0.2, 0) is 4.79 Å². The van der Waals surface area contributed by atoms with Gasteiger partial charge in [-0.1, -0.05) is 6.92 Å². The van der Waals surface area contributed by atoms with E-state index in [1.165, 1.54) is 11.8 Å². The zero-order valence-corrected chi connectivity index (χ0v) is 8.54. The fraction of sp³-hybridized carbons (Fsp3) is 0.714. The minimum atomic E-state index is -0.825. The molecule has 76 valence electrons. The van der Waals surface area contributed by atoms with Gasteiger partial charge in [0.15, 0.2) is 5.96 Å². The fourth-order valence-electron chi connectivity index (χ4n) is 0.682. The second-order valence-corrected chi connectivity index (χ2v) is 4.07. The number of guanidine groups is 1. The van der Waals surface area contributed by atoms with Crippen LogP contribution < -0.4 is 11.5 Å². The molecule has 13 heavy (non-hydrogen) atoms. The van der Waals surface area contributed by atoms with E-state index >= 15 is 0 Å². The van der Waals surface area contributed by atoms with Crippen molar-refractivity contribution in [3.8, 4) is 0 Å². The lowest BCUT2D eigenvalue weighted by atomic mass is 10.3. The van der Waals surface area contributed by atoms with Gasteiger partial charge in [0.05, 0.1) is 11.8 Å². The highest BCUT2D eigenvalue weighted by Gasteiger charge is 2.12. The first kappa shape index (κ1) is 12.1. The minimum Gasteiger partial charge on any atom is -0.481 e. The zero-order chi connectivity index (χ0) is 10.4. The highest BCUT2D eigenvalue weighted by molar-refractivity contribution is 8.00. The van der Waals surface area contributed by atoms with Crippen molar-refractivity contribution in [2.75, 3.05) is 5.75 Å². The Kier molecular flexibility index (Phi) is 5.29. The molecule has 0 aliphatic carbocycles. The normalized spacial score (nSPS) is 14.6. The standard InChI is InChI=1S/C7H15N3O2S/c1-4(10-7(8)9)5(2)13-3-6(11)12/h4-5H,3H2,1-2H3,(H,11,12)(H4,8,9,10). The van der Waals surface area contributed by atoms with Crippen LogP contribution in [0.4, 0.5) is 0 Å². The van der Waals surface area contributed by atoms with Crippen LogP contribution in [0.1, 0.15) is 13.8 Å². The molecule has 0 radical (unpaired) electrons. The van der Waals surface area contributed by atoms with E-state index in [-0.39, 0.29) is 23.0 Å². The van der Waals surface area contributed by atoms with Gasteiger partial charge < -0.3 is 16.6 Å². The molecule has 0 aromatic heterocycles. The molecular formula is C7H15N3O2S. The van der Waals surface area contributed by atoms with Crippen LogP contribution in [0.3, 0.4) is 0 Å². The Labute approximate surface area is 81.6 Å². The maximum Gasteiger partial charge on any atom is 0.313 e. The summed E-state index contributed by atoms with van der Waals surface area (Å²) >= 11 is 1.32. The van der Waals surface area contributed by atoms with Gasteiger partial charge in [0.25, 0.3) is 0 Å². The predicted molar refractivity (Wildman–Crippen MR) is 54.8 cm³/mol. The van der Waals surface area contributed by atoms with Crippen LogP contribution in [0.2, 0.25) is 0 Å². The van der Waals surface area contributed by atoms with Gasteiger partial charge >= 0.3 is 5.97 Å². The molecule has 0 heterocycles. The van der Waals surface area contributed by atoms with Crippen molar-refractivity contribution in [1.29, 1.82) is 0 Å². The van der Waals surface area contributed by atoms with E-state index in [2.05, 4.69) is 4.99 Å². The summed E-state index contributed by atoms with van der Waals surface area (Å²) in [6.45, 7) is 3.74. The average molecular weight is 205 g/mol. The van der Waals surface area contributed by atoms with Crippen LogP contribution >= 0.6 is 11.8 Å². The molecule has 0 amide bonds. The van der Waals surface area contributed by atoms with E-state index in [0.29, 0.717) is 0 Å². The number of aliphatic carboxylic acids is 1. The zero-order valence-electron chi connectivity index (χ0n) is 7.73. The van der Waals surface area contributed by atoms with Gasteiger partial charge in [0, 0.05) is 5.25 Å². The third-order valence-corrected chi connectivity index (χ3v) is 2.84. The molecule has 0 aromatic carbocycles. The number of carboxylic acids is 1. The largest absolute Gasteiger partial charge is 0.481 e. The van der Waals surface area contributed by atoms with Crippen molar-refractivity contribution in [1.82, 2.24) is 0 Å². The summed E-state index contributed by atoms with van der Waals surface area (Å²) in [5, 5.41) is 8.52. The van der Waals surface area contributed by atoms with Crippen molar-refractivity contribution >= 4 is 23.7 Å². The quantitative estimate of drug-likeness (QED) is 0.428. The highest BCUT2D eigenvalue weighted by Crippen LogP contribution is 2.15. The van der Waals surface area contributed by atoms with Gasteiger partial charge in [0.1, 0.15) is 0 Å². The predicted octanol–water partition coefficient (Wildman–Crippen LogP) is -0.145. The molecule has 2 atom stereocenters. The van der Waals surface area contributed by atoms with Crippen LogP contribution in [0, 0.1) is 0 Å². The smallest absolute Gasteiger partial charge is 0.313 e. The Morgan fingerprint density at radius 2 is 2.08 bits per heavy atom. The summed E-state index contributed by atoms with van der Waals surface area (Å²) in [6.07, 6.45) is 0. The van der Waals surface area contributed by atoms with Crippen LogP contribution in [0.25, 0.3) is 0 Å². The molecule has 0 aromatic rings. The first-order valence-electron chi connectivity index (χ1n) is 3.85. The molecule has 0 bridgehead atoms. The van der Waals surface area contributed by atoms with Gasteiger partial charge in [0.2, 0.25) is 0 Å². The highest BCUT2D eigenvalue weighted by atomic mass is 32.2. The number of rotatable bonds is 5. The molecular weight excluding hydrogens is 190 g/mol. The molecule has 6 heteroatoms. The Bertz CT molecular complexity index is 204. The molecule has 0 aliphatic rings. The van der Waals surface area contributed by atoms with Gasteiger partial charge in [-0.25, -0.2) is 4.99 Å². The van der Waals surface area contributed by atoms with E-state index in [1.807, 2.05) is 13.8 Å². The number of nitrogens with zero attached hydrogens (tertiary/aromatic N) is 1. The second-order valence-electron chi connectivity index (χ2n) is 2.70.